The van der Waals surface area contributed by atoms with Crippen molar-refractivity contribution in [3.8, 4) is 0 Å². The molecule has 6 rings (SSSR count). The van der Waals surface area contributed by atoms with Crippen molar-refractivity contribution < 1.29 is 23.8 Å². The molecule has 2 bridgehead atoms. The quantitative estimate of drug-likeness (QED) is 0.809. The molecule has 2 saturated heterocycles. The third-order valence-corrected chi connectivity index (χ3v) is 9.68. The maximum absolute atomic E-state index is 14.0. The lowest BCUT2D eigenvalue weighted by atomic mass is 9.52. The Hall–Kier alpha value is -1.17. The van der Waals surface area contributed by atoms with Gasteiger partial charge in [0.2, 0.25) is 5.79 Å². The lowest BCUT2D eigenvalue weighted by Crippen LogP contribution is -2.73. The van der Waals surface area contributed by atoms with Gasteiger partial charge in [-0.1, -0.05) is 20.8 Å². The Morgan fingerprint density at radius 1 is 1.20 bits per heavy atom. The van der Waals surface area contributed by atoms with Crippen LogP contribution in [0.5, 0.6) is 0 Å². The van der Waals surface area contributed by atoms with Gasteiger partial charge in [-0.2, -0.15) is 0 Å². The second kappa shape index (κ2) is 5.79. The van der Waals surface area contributed by atoms with E-state index in [4.69, 9.17) is 13.9 Å². The van der Waals surface area contributed by atoms with Crippen molar-refractivity contribution in [2.45, 2.75) is 83.4 Å². The Morgan fingerprint density at radius 2 is 1.93 bits per heavy atom. The van der Waals surface area contributed by atoms with E-state index < -0.39 is 22.9 Å². The van der Waals surface area contributed by atoms with E-state index >= 15 is 0 Å². The molecule has 1 N–H and O–H groups in total. The van der Waals surface area contributed by atoms with E-state index in [1.165, 1.54) is 0 Å². The highest BCUT2D eigenvalue weighted by atomic mass is 16.7. The summed E-state index contributed by atoms with van der Waals surface area (Å²) in [4.78, 5) is 14.0. The maximum Gasteiger partial charge on any atom is 0.202 e. The summed E-state index contributed by atoms with van der Waals surface area (Å²) < 4.78 is 19.4. The molecule has 1 aromatic heterocycles. The molecule has 5 aliphatic rings. The molecule has 3 saturated carbocycles. The first kappa shape index (κ1) is 19.5. The first-order valence-corrected chi connectivity index (χ1v) is 11.8. The molecule has 1 aromatic rings. The number of Topliss-reactive ketones (excluding diaryl/α,β-unsaturated/α-hetero) is 1. The lowest BCUT2D eigenvalue weighted by molar-refractivity contribution is -0.374. The zero-order chi connectivity index (χ0) is 21.2. The van der Waals surface area contributed by atoms with E-state index in [0.717, 1.165) is 24.2 Å². The molecule has 30 heavy (non-hydrogen) atoms. The molecule has 5 nitrogen and oxygen atoms in total. The highest BCUT2D eigenvalue weighted by molar-refractivity contribution is 5.89. The second-order valence-corrected chi connectivity index (χ2v) is 11.4. The largest absolute Gasteiger partial charge is 0.469 e. The Labute approximate surface area is 178 Å². The summed E-state index contributed by atoms with van der Waals surface area (Å²) in [5, 5.41) is 12.4. The number of hydrogen-bond donors (Lipinski definition) is 1. The zero-order valence-corrected chi connectivity index (χ0v) is 18.7. The molecule has 5 heteroatoms. The van der Waals surface area contributed by atoms with Crippen LogP contribution in [-0.2, 0) is 20.7 Å². The molecule has 2 aliphatic heterocycles. The molecule has 1 unspecified atom stereocenters. The smallest absolute Gasteiger partial charge is 0.202 e. The molecule has 164 valence electrons. The van der Waals surface area contributed by atoms with Gasteiger partial charge in [-0.25, -0.2) is 0 Å². The van der Waals surface area contributed by atoms with Crippen LogP contribution in [-0.4, -0.2) is 34.0 Å². The number of rotatable bonds is 4. The summed E-state index contributed by atoms with van der Waals surface area (Å²) in [7, 11) is 0. The van der Waals surface area contributed by atoms with Crippen LogP contribution in [0.3, 0.4) is 0 Å². The monoisotopic (exact) mass is 414 g/mol. The van der Waals surface area contributed by atoms with Gasteiger partial charge in [0.25, 0.3) is 0 Å². The van der Waals surface area contributed by atoms with E-state index in [2.05, 4.69) is 20.8 Å². The fourth-order valence-electron chi connectivity index (χ4n) is 8.12. The minimum Gasteiger partial charge on any atom is -0.469 e. The van der Waals surface area contributed by atoms with Crippen LogP contribution in [0.4, 0.5) is 0 Å². The van der Waals surface area contributed by atoms with Gasteiger partial charge in [0.1, 0.15) is 17.1 Å². The first-order chi connectivity index (χ1) is 14.1. The summed E-state index contributed by atoms with van der Waals surface area (Å²) in [6.07, 6.45) is 4.92. The number of carbonyl (C=O) groups is 1. The number of ketones is 1. The zero-order valence-electron chi connectivity index (χ0n) is 18.7. The number of furan rings is 1. The van der Waals surface area contributed by atoms with Crippen molar-refractivity contribution in [2.24, 2.45) is 41.4 Å². The van der Waals surface area contributed by atoms with E-state index in [0.29, 0.717) is 24.7 Å². The summed E-state index contributed by atoms with van der Waals surface area (Å²) in [6.45, 7) is 10.6. The lowest BCUT2D eigenvalue weighted by Gasteiger charge is -2.58. The van der Waals surface area contributed by atoms with E-state index in [-0.39, 0.29) is 35.6 Å². The van der Waals surface area contributed by atoms with E-state index in [1.54, 1.807) is 6.26 Å². The van der Waals surface area contributed by atoms with Crippen LogP contribution in [0.25, 0.3) is 0 Å². The van der Waals surface area contributed by atoms with Gasteiger partial charge in [0.05, 0.1) is 23.9 Å². The Kier molecular flexibility index (Phi) is 3.76. The predicted molar refractivity (Wildman–Crippen MR) is 110 cm³/mol. The number of carbonyl (C=O) groups excluding carboxylic acids is 1. The van der Waals surface area contributed by atoms with Crippen LogP contribution in [0.15, 0.2) is 16.7 Å². The maximum atomic E-state index is 14.0. The molecule has 3 heterocycles. The van der Waals surface area contributed by atoms with E-state index in [9.17, 15) is 9.90 Å². The molecule has 0 spiro atoms. The van der Waals surface area contributed by atoms with E-state index in [1.807, 2.05) is 19.9 Å². The van der Waals surface area contributed by atoms with Gasteiger partial charge in [-0.05, 0) is 62.5 Å². The van der Waals surface area contributed by atoms with Crippen LogP contribution in [0.2, 0.25) is 0 Å². The second-order valence-electron chi connectivity index (χ2n) is 11.4. The normalized spacial score (nSPS) is 55.9. The van der Waals surface area contributed by atoms with Gasteiger partial charge in [-0.15, -0.1) is 0 Å². The highest BCUT2D eigenvalue weighted by Crippen LogP contribution is 2.72. The third kappa shape index (κ3) is 2.08. The van der Waals surface area contributed by atoms with Crippen molar-refractivity contribution >= 4 is 5.78 Å². The number of aliphatic hydroxyl groups is 1. The Balaban J connectivity index is 1.47. The Bertz CT molecular complexity index is 907. The summed E-state index contributed by atoms with van der Waals surface area (Å²) >= 11 is 0. The third-order valence-electron chi connectivity index (χ3n) is 9.68. The van der Waals surface area contributed by atoms with Gasteiger partial charge in [0, 0.05) is 24.2 Å². The van der Waals surface area contributed by atoms with Crippen LogP contribution in [0.1, 0.15) is 58.3 Å². The van der Waals surface area contributed by atoms with Crippen molar-refractivity contribution in [1.29, 1.82) is 0 Å². The average Bonchev–Trinajstić information content (AvgIpc) is 3.01. The van der Waals surface area contributed by atoms with Crippen LogP contribution >= 0.6 is 0 Å². The molecule has 3 aliphatic carbocycles. The summed E-state index contributed by atoms with van der Waals surface area (Å²) in [6, 6.07) is 1.97. The van der Waals surface area contributed by atoms with Gasteiger partial charge < -0.3 is 19.0 Å². The molecular weight excluding hydrogens is 380 g/mol. The predicted octanol–water partition coefficient (Wildman–Crippen LogP) is 3.90. The van der Waals surface area contributed by atoms with Crippen molar-refractivity contribution in [3.05, 3.63) is 23.7 Å². The van der Waals surface area contributed by atoms with Gasteiger partial charge in [0.15, 0.2) is 0 Å². The SMILES string of the molecule is Cc1ccoc1CC[C@]1(C)O[C@@]2(C3C[C@@H]3C)O[C@H]3C[C@H](C)[C@H]4C(=O)[C@@H]1[C@]2(O)[C@H](C)[C@H]43. The molecule has 5 fully saturated rings. The standard InChI is InChI=1S/C25H34O5/c1-12-7-9-28-17(12)6-8-23(5)22-21(26)19-14(3)11-18-20(19)15(4)24(22,27)25(29-18,30-23)16-10-13(16)2/h7,9,13-16,18-20,22,27H,6,8,10-11H2,1-5H3/t13-,14-,15+,16?,18-,19+,20-,22-,23-,24+,25+/m0/s1. The Morgan fingerprint density at radius 3 is 2.57 bits per heavy atom. The van der Waals surface area contributed by atoms with Gasteiger partial charge >= 0.3 is 0 Å². The fraction of sp³-hybridized carbons (Fsp3) is 0.800. The van der Waals surface area contributed by atoms with Crippen LogP contribution in [0, 0.1) is 48.3 Å². The minimum atomic E-state index is -1.26. The minimum absolute atomic E-state index is 0.00567. The molecule has 0 amide bonds. The molecule has 0 aromatic carbocycles. The highest BCUT2D eigenvalue weighted by Gasteiger charge is 2.85. The summed E-state index contributed by atoms with van der Waals surface area (Å²) in [5.41, 5.74) is -0.907. The van der Waals surface area contributed by atoms with Gasteiger partial charge in [-0.3, -0.25) is 4.79 Å². The van der Waals surface area contributed by atoms with Crippen molar-refractivity contribution in [3.63, 3.8) is 0 Å². The topological polar surface area (TPSA) is 68.9 Å². The fourth-order valence-corrected chi connectivity index (χ4v) is 8.12. The summed E-state index contributed by atoms with van der Waals surface area (Å²) in [5.74, 6) is 0.498. The molecule has 0 radical (unpaired) electrons. The number of hydrogen-bond acceptors (Lipinski definition) is 5. The molecule has 11 atom stereocenters. The van der Waals surface area contributed by atoms with Crippen molar-refractivity contribution in [1.82, 2.24) is 0 Å². The first-order valence-electron chi connectivity index (χ1n) is 11.8. The average molecular weight is 415 g/mol. The number of ether oxygens (including phenoxy) is 2. The van der Waals surface area contributed by atoms with Crippen molar-refractivity contribution in [2.75, 3.05) is 0 Å². The van der Waals surface area contributed by atoms with Crippen LogP contribution < -0.4 is 0 Å². The number of aryl methyl sites for hydroxylation is 2. The molecular formula is C25H34O5.